The highest BCUT2D eigenvalue weighted by atomic mass is 16.5. The molecule has 2 aromatic heterocycles. The largest absolute Gasteiger partial charge is 0.493 e. The lowest BCUT2D eigenvalue weighted by atomic mass is 10.1. The summed E-state index contributed by atoms with van der Waals surface area (Å²) in [7, 11) is 1.60. The summed E-state index contributed by atoms with van der Waals surface area (Å²) in [6, 6.07) is 19.8. The lowest BCUT2D eigenvalue weighted by Gasteiger charge is -2.26. The van der Waals surface area contributed by atoms with Crippen LogP contribution in [-0.4, -0.2) is 78.5 Å². The van der Waals surface area contributed by atoms with E-state index < -0.39 is 0 Å². The number of aromatic nitrogens is 3. The van der Waals surface area contributed by atoms with Crippen molar-refractivity contribution in [1.29, 1.82) is 5.41 Å². The van der Waals surface area contributed by atoms with Crippen molar-refractivity contribution in [3.8, 4) is 22.9 Å². The van der Waals surface area contributed by atoms with Gasteiger partial charge in [0.2, 0.25) is 0 Å². The first-order chi connectivity index (χ1) is 23.0. The SMILES string of the molecule is COc1cc2nc(-c3cccc(NC(=O)c4cccnc4)c3)nc(Nc3ccc(N)c(C=N)c3)c2cc1OCCCN1CCOCC1. The molecule has 3 aromatic carbocycles. The number of pyridine rings is 1. The molecule has 1 aliphatic heterocycles. The molecular formula is C35H36N8O4. The van der Waals surface area contributed by atoms with E-state index in [1.165, 1.54) is 12.4 Å². The van der Waals surface area contributed by atoms with E-state index in [4.69, 9.17) is 35.3 Å². The van der Waals surface area contributed by atoms with E-state index in [0.717, 1.165) is 39.3 Å². The maximum atomic E-state index is 12.8. The first-order valence-electron chi connectivity index (χ1n) is 15.3. The molecule has 6 rings (SSSR count). The topological polar surface area (TPSA) is 161 Å². The lowest BCUT2D eigenvalue weighted by Crippen LogP contribution is -2.37. The summed E-state index contributed by atoms with van der Waals surface area (Å²) in [6.45, 7) is 4.82. The van der Waals surface area contributed by atoms with E-state index in [0.29, 0.717) is 74.4 Å². The Morgan fingerprint density at radius 3 is 2.70 bits per heavy atom. The summed E-state index contributed by atoms with van der Waals surface area (Å²) in [5.74, 6) is 1.82. The lowest BCUT2D eigenvalue weighted by molar-refractivity contribution is 0.0357. The van der Waals surface area contributed by atoms with Gasteiger partial charge >= 0.3 is 0 Å². The molecule has 240 valence electrons. The van der Waals surface area contributed by atoms with Crippen LogP contribution in [0.4, 0.5) is 22.9 Å². The highest BCUT2D eigenvalue weighted by molar-refractivity contribution is 6.04. The molecule has 5 N–H and O–H groups in total. The van der Waals surface area contributed by atoms with E-state index in [-0.39, 0.29) is 5.91 Å². The third-order valence-electron chi connectivity index (χ3n) is 7.77. The summed E-state index contributed by atoms with van der Waals surface area (Å²) in [4.78, 5) is 29.0. The fraction of sp³-hybridized carbons (Fsp3) is 0.229. The number of hydrogen-bond acceptors (Lipinski definition) is 11. The molecule has 1 aliphatic rings. The number of benzene rings is 3. The molecule has 47 heavy (non-hydrogen) atoms. The second-order valence-electron chi connectivity index (χ2n) is 11.0. The number of ether oxygens (including phenoxy) is 3. The molecule has 12 heteroatoms. The highest BCUT2D eigenvalue weighted by Gasteiger charge is 2.17. The van der Waals surface area contributed by atoms with Crippen molar-refractivity contribution in [2.24, 2.45) is 0 Å². The Morgan fingerprint density at radius 2 is 1.91 bits per heavy atom. The van der Waals surface area contributed by atoms with Gasteiger partial charge in [0.1, 0.15) is 5.82 Å². The van der Waals surface area contributed by atoms with E-state index in [2.05, 4.69) is 20.5 Å². The Kier molecular flexibility index (Phi) is 9.80. The van der Waals surface area contributed by atoms with Crippen LogP contribution in [0.25, 0.3) is 22.3 Å². The molecule has 3 heterocycles. The quantitative estimate of drug-likeness (QED) is 0.0799. The third kappa shape index (κ3) is 7.63. The van der Waals surface area contributed by atoms with E-state index in [1.807, 2.05) is 36.4 Å². The molecule has 0 spiro atoms. The minimum atomic E-state index is -0.274. The fourth-order valence-corrected chi connectivity index (χ4v) is 5.28. The van der Waals surface area contributed by atoms with Crippen LogP contribution in [-0.2, 0) is 4.74 Å². The van der Waals surface area contributed by atoms with Gasteiger partial charge in [0.15, 0.2) is 17.3 Å². The number of carbonyl (C=O) groups excluding carboxylic acids is 1. The zero-order chi connectivity index (χ0) is 32.6. The second-order valence-corrected chi connectivity index (χ2v) is 11.0. The number of methoxy groups -OCH3 is 1. The molecular weight excluding hydrogens is 596 g/mol. The number of fused-ring (bicyclic) bond motifs is 1. The number of hydrogen-bond donors (Lipinski definition) is 4. The van der Waals surface area contributed by atoms with Crippen molar-refractivity contribution in [2.45, 2.75) is 6.42 Å². The Labute approximate surface area is 272 Å². The minimum absolute atomic E-state index is 0.274. The Hall–Kier alpha value is -5.59. The maximum Gasteiger partial charge on any atom is 0.257 e. The van der Waals surface area contributed by atoms with Gasteiger partial charge in [-0.05, 0) is 55.0 Å². The summed E-state index contributed by atoms with van der Waals surface area (Å²) in [5, 5.41) is 14.8. The van der Waals surface area contributed by atoms with Crippen molar-refractivity contribution in [2.75, 3.05) is 62.9 Å². The Morgan fingerprint density at radius 1 is 1.04 bits per heavy atom. The summed E-state index contributed by atoms with van der Waals surface area (Å²) in [6.07, 6.45) is 5.20. The third-order valence-corrected chi connectivity index (χ3v) is 7.77. The smallest absolute Gasteiger partial charge is 0.257 e. The number of nitrogens with zero attached hydrogens (tertiary/aromatic N) is 4. The average molecular weight is 633 g/mol. The molecule has 0 saturated carbocycles. The molecule has 0 radical (unpaired) electrons. The molecule has 0 aliphatic carbocycles. The van der Waals surface area contributed by atoms with E-state index >= 15 is 0 Å². The van der Waals surface area contributed by atoms with Gasteiger partial charge in [-0.15, -0.1) is 0 Å². The predicted molar refractivity (Wildman–Crippen MR) is 183 cm³/mol. The zero-order valence-corrected chi connectivity index (χ0v) is 26.0. The van der Waals surface area contributed by atoms with Gasteiger partial charge in [0.05, 0.1) is 38.0 Å². The van der Waals surface area contributed by atoms with Gasteiger partial charge in [0.25, 0.3) is 5.91 Å². The molecule has 1 fully saturated rings. The number of rotatable bonds is 12. The van der Waals surface area contributed by atoms with Gasteiger partial charge in [-0.3, -0.25) is 14.7 Å². The average Bonchev–Trinajstić information content (AvgIpc) is 3.11. The summed E-state index contributed by atoms with van der Waals surface area (Å²) in [5.41, 5.74) is 10.2. The number of nitrogens with one attached hydrogen (secondary N) is 3. The van der Waals surface area contributed by atoms with Crippen LogP contribution in [0.3, 0.4) is 0 Å². The van der Waals surface area contributed by atoms with Gasteiger partial charge < -0.3 is 36.0 Å². The van der Waals surface area contributed by atoms with Crippen molar-refractivity contribution in [3.63, 3.8) is 0 Å². The summed E-state index contributed by atoms with van der Waals surface area (Å²) < 4.78 is 17.4. The number of anilines is 4. The molecule has 0 atom stereocenters. The molecule has 1 saturated heterocycles. The van der Waals surface area contributed by atoms with Crippen LogP contribution in [0.1, 0.15) is 22.3 Å². The number of morpholine rings is 1. The molecule has 12 nitrogen and oxygen atoms in total. The van der Waals surface area contributed by atoms with Crippen LogP contribution in [0.15, 0.2) is 79.1 Å². The van der Waals surface area contributed by atoms with Crippen LogP contribution < -0.4 is 25.8 Å². The molecule has 5 aromatic rings. The number of carbonyl (C=O) groups is 1. The molecule has 1 amide bonds. The number of amides is 1. The van der Waals surface area contributed by atoms with Crippen molar-refractivity contribution in [3.05, 3.63) is 90.3 Å². The van der Waals surface area contributed by atoms with Gasteiger partial charge in [-0.2, -0.15) is 0 Å². The molecule has 0 bridgehead atoms. The Bertz CT molecular complexity index is 1880. The predicted octanol–water partition coefficient (Wildman–Crippen LogP) is 5.38. The zero-order valence-electron chi connectivity index (χ0n) is 26.0. The first kappa shape index (κ1) is 31.4. The second kappa shape index (κ2) is 14.7. The first-order valence-corrected chi connectivity index (χ1v) is 15.3. The van der Waals surface area contributed by atoms with Crippen molar-refractivity contribution >= 4 is 45.9 Å². The van der Waals surface area contributed by atoms with Gasteiger partial charge in [-0.1, -0.05) is 12.1 Å². The van der Waals surface area contributed by atoms with E-state index in [9.17, 15) is 4.79 Å². The highest BCUT2D eigenvalue weighted by Crippen LogP contribution is 2.37. The molecule has 0 unspecified atom stereocenters. The number of nitrogens with two attached hydrogens (primary N) is 1. The van der Waals surface area contributed by atoms with Crippen LogP contribution in [0.2, 0.25) is 0 Å². The number of nitrogen functional groups attached to an aromatic ring is 1. The van der Waals surface area contributed by atoms with Gasteiger partial charge in [0, 0.05) is 77.9 Å². The van der Waals surface area contributed by atoms with Crippen LogP contribution >= 0.6 is 0 Å². The summed E-state index contributed by atoms with van der Waals surface area (Å²) >= 11 is 0. The minimum Gasteiger partial charge on any atom is -0.493 e. The standard InChI is InChI=1S/C35H36N8O4/c1-45-31-20-30-28(19-32(31)47-14-4-11-43-12-15-46-16-13-43)34(39-27-8-9-29(37)25(18-27)21-36)42-33(41-30)23-5-2-7-26(17-23)40-35(44)24-6-3-10-38-22-24/h2-3,5-10,17-22,36H,4,11-16,37H2,1H3,(H,40,44)(H,39,41,42). The van der Waals surface area contributed by atoms with Crippen molar-refractivity contribution < 1.29 is 19.0 Å². The Balaban J connectivity index is 1.33. The van der Waals surface area contributed by atoms with Crippen LogP contribution in [0.5, 0.6) is 11.5 Å². The monoisotopic (exact) mass is 632 g/mol. The fourth-order valence-electron chi connectivity index (χ4n) is 5.28. The van der Waals surface area contributed by atoms with E-state index in [1.54, 1.807) is 43.6 Å². The normalized spacial score (nSPS) is 13.2. The van der Waals surface area contributed by atoms with Crippen LogP contribution in [0, 0.1) is 5.41 Å². The van der Waals surface area contributed by atoms with Gasteiger partial charge in [-0.25, -0.2) is 9.97 Å². The maximum absolute atomic E-state index is 12.8. The van der Waals surface area contributed by atoms with Crippen molar-refractivity contribution in [1.82, 2.24) is 19.9 Å².